The van der Waals surface area contributed by atoms with Gasteiger partial charge in [0.25, 0.3) is 0 Å². The van der Waals surface area contributed by atoms with Crippen molar-refractivity contribution in [3.05, 3.63) is 71.7 Å². The van der Waals surface area contributed by atoms with Crippen LogP contribution in [0.25, 0.3) is 33.8 Å². The maximum absolute atomic E-state index is 4.75. The third kappa shape index (κ3) is 2.49. The Bertz CT molecular complexity index is 1310. The second-order valence-electron chi connectivity index (χ2n) is 6.90. The second-order valence-corrected chi connectivity index (χ2v) is 6.90. The predicted molar refractivity (Wildman–Crippen MR) is 105 cm³/mol. The molecule has 6 heteroatoms. The molecule has 0 bridgehead atoms. The minimum Gasteiger partial charge on any atom is -0.216 e. The molecule has 27 heavy (non-hydrogen) atoms. The first-order valence-corrected chi connectivity index (χ1v) is 8.84. The van der Waals surface area contributed by atoms with Crippen molar-refractivity contribution in [2.75, 3.05) is 0 Å². The molecule has 2 aromatic carbocycles. The van der Waals surface area contributed by atoms with Crippen molar-refractivity contribution in [1.29, 1.82) is 0 Å². The van der Waals surface area contributed by atoms with Gasteiger partial charge in [-0.05, 0) is 38.5 Å². The lowest BCUT2D eigenvalue weighted by Crippen LogP contribution is -2.01. The lowest BCUT2D eigenvalue weighted by molar-refractivity contribution is 0.876. The van der Waals surface area contributed by atoms with E-state index in [9.17, 15) is 0 Å². The number of rotatable bonds is 2. The summed E-state index contributed by atoms with van der Waals surface area (Å²) in [4.78, 5) is 9.35. The van der Waals surface area contributed by atoms with Gasteiger partial charge in [0.15, 0.2) is 17.1 Å². The molecule has 0 saturated heterocycles. The molecule has 132 valence electrons. The fourth-order valence-electron chi connectivity index (χ4n) is 3.45. The Labute approximate surface area is 156 Å². The molecule has 0 amide bonds. The standard InChI is InChI=1S/C21H18N6/c1-13-5-4-6-16(10-13)19-24-21-17-11-23-27(20(17)22-12-26(21)25-19)18-8-7-14(2)9-15(18)3/h4-12H,1-3H3. The lowest BCUT2D eigenvalue weighted by atomic mass is 10.1. The topological polar surface area (TPSA) is 60.9 Å². The SMILES string of the molecule is Cc1cccc(-c2nc3c4cnn(-c5ccc(C)cc5C)c4ncn3n2)c1. The summed E-state index contributed by atoms with van der Waals surface area (Å²) >= 11 is 0. The van der Waals surface area contributed by atoms with E-state index in [1.807, 2.05) is 23.0 Å². The van der Waals surface area contributed by atoms with Crippen LogP contribution in [0.3, 0.4) is 0 Å². The van der Waals surface area contributed by atoms with Crippen LogP contribution in [0.2, 0.25) is 0 Å². The summed E-state index contributed by atoms with van der Waals surface area (Å²) in [7, 11) is 0. The van der Waals surface area contributed by atoms with Gasteiger partial charge >= 0.3 is 0 Å². The molecular formula is C21H18N6. The van der Waals surface area contributed by atoms with E-state index in [2.05, 4.69) is 66.3 Å². The molecule has 0 spiro atoms. The quantitative estimate of drug-likeness (QED) is 0.480. The molecule has 5 aromatic rings. The number of fused-ring (bicyclic) bond motifs is 3. The van der Waals surface area contributed by atoms with Crippen LogP contribution >= 0.6 is 0 Å². The van der Waals surface area contributed by atoms with Crippen LogP contribution in [0.1, 0.15) is 16.7 Å². The van der Waals surface area contributed by atoms with Crippen molar-refractivity contribution in [2.45, 2.75) is 20.8 Å². The first kappa shape index (κ1) is 15.7. The van der Waals surface area contributed by atoms with E-state index < -0.39 is 0 Å². The van der Waals surface area contributed by atoms with Gasteiger partial charge in [-0.2, -0.15) is 5.10 Å². The van der Waals surface area contributed by atoms with Gasteiger partial charge in [-0.25, -0.2) is 19.2 Å². The zero-order valence-corrected chi connectivity index (χ0v) is 15.4. The molecule has 0 atom stereocenters. The van der Waals surface area contributed by atoms with Gasteiger partial charge in [-0.1, -0.05) is 41.5 Å². The highest BCUT2D eigenvalue weighted by Crippen LogP contribution is 2.24. The molecule has 6 nitrogen and oxygen atoms in total. The molecule has 3 aromatic heterocycles. The van der Waals surface area contributed by atoms with Crippen LogP contribution in [0.4, 0.5) is 0 Å². The summed E-state index contributed by atoms with van der Waals surface area (Å²) in [6.45, 7) is 6.23. The normalized spacial score (nSPS) is 11.5. The fourth-order valence-corrected chi connectivity index (χ4v) is 3.45. The van der Waals surface area contributed by atoms with Crippen LogP contribution < -0.4 is 0 Å². The van der Waals surface area contributed by atoms with E-state index in [1.165, 1.54) is 11.1 Å². The molecule has 0 aliphatic rings. The number of benzene rings is 2. The highest BCUT2D eigenvalue weighted by molar-refractivity contribution is 5.90. The number of aryl methyl sites for hydroxylation is 3. The van der Waals surface area contributed by atoms with E-state index in [0.717, 1.165) is 33.5 Å². The average Bonchev–Trinajstić information content (AvgIpc) is 3.25. The lowest BCUT2D eigenvalue weighted by Gasteiger charge is -2.07. The summed E-state index contributed by atoms with van der Waals surface area (Å²) < 4.78 is 3.58. The van der Waals surface area contributed by atoms with E-state index >= 15 is 0 Å². The van der Waals surface area contributed by atoms with Gasteiger partial charge in [-0.3, -0.25) is 0 Å². The number of aromatic nitrogens is 6. The summed E-state index contributed by atoms with van der Waals surface area (Å²) in [6.07, 6.45) is 3.51. The summed E-state index contributed by atoms with van der Waals surface area (Å²) in [6, 6.07) is 14.5. The molecule has 5 rings (SSSR count). The van der Waals surface area contributed by atoms with E-state index in [1.54, 1.807) is 10.8 Å². The molecule has 0 unspecified atom stereocenters. The Hall–Kier alpha value is -3.54. The van der Waals surface area contributed by atoms with Crippen LogP contribution in [0, 0.1) is 20.8 Å². The molecule has 0 aliphatic carbocycles. The molecule has 0 fully saturated rings. The van der Waals surface area contributed by atoms with Gasteiger partial charge in [0, 0.05) is 5.56 Å². The Morgan fingerprint density at radius 3 is 2.56 bits per heavy atom. The first-order chi connectivity index (χ1) is 13.1. The van der Waals surface area contributed by atoms with Crippen LogP contribution in [0.15, 0.2) is 55.0 Å². The van der Waals surface area contributed by atoms with Crippen molar-refractivity contribution in [1.82, 2.24) is 29.4 Å². The molecule has 0 radical (unpaired) electrons. The molecule has 3 heterocycles. The van der Waals surface area contributed by atoms with Gasteiger partial charge in [-0.15, -0.1) is 5.10 Å². The molecular weight excluding hydrogens is 336 g/mol. The van der Waals surface area contributed by atoms with E-state index in [0.29, 0.717) is 5.82 Å². The monoisotopic (exact) mass is 354 g/mol. The minimum atomic E-state index is 0.687. The van der Waals surface area contributed by atoms with Gasteiger partial charge in [0.2, 0.25) is 0 Å². The van der Waals surface area contributed by atoms with Crippen molar-refractivity contribution in [2.24, 2.45) is 0 Å². The van der Waals surface area contributed by atoms with Crippen LogP contribution in [-0.2, 0) is 0 Å². The Morgan fingerprint density at radius 1 is 0.889 bits per heavy atom. The zero-order valence-electron chi connectivity index (χ0n) is 15.4. The number of hydrogen-bond acceptors (Lipinski definition) is 4. The third-order valence-corrected chi connectivity index (χ3v) is 4.76. The first-order valence-electron chi connectivity index (χ1n) is 8.84. The number of nitrogens with zero attached hydrogens (tertiary/aromatic N) is 6. The van der Waals surface area contributed by atoms with Crippen molar-refractivity contribution >= 4 is 16.7 Å². The maximum atomic E-state index is 4.75. The largest absolute Gasteiger partial charge is 0.216 e. The molecule has 0 saturated carbocycles. The maximum Gasteiger partial charge on any atom is 0.182 e. The summed E-state index contributed by atoms with van der Waals surface area (Å²) in [5.41, 5.74) is 7.11. The predicted octanol–water partition coefficient (Wildman–Crippen LogP) is 4.06. The minimum absolute atomic E-state index is 0.687. The van der Waals surface area contributed by atoms with Crippen molar-refractivity contribution < 1.29 is 0 Å². The average molecular weight is 354 g/mol. The Balaban J connectivity index is 1.71. The molecule has 0 aliphatic heterocycles. The zero-order chi connectivity index (χ0) is 18.5. The Morgan fingerprint density at radius 2 is 1.74 bits per heavy atom. The van der Waals surface area contributed by atoms with E-state index in [-0.39, 0.29) is 0 Å². The van der Waals surface area contributed by atoms with Gasteiger partial charge in [0.05, 0.1) is 17.3 Å². The van der Waals surface area contributed by atoms with Crippen LogP contribution in [0.5, 0.6) is 0 Å². The van der Waals surface area contributed by atoms with Gasteiger partial charge in [0.1, 0.15) is 6.33 Å². The second kappa shape index (κ2) is 5.74. The smallest absolute Gasteiger partial charge is 0.182 e. The van der Waals surface area contributed by atoms with Gasteiger partial charge < -0.3 is 0 Å². The summed E-state index contributed by atoms with van der Waals surface area (Å²) in [5, 5.41) is 10.0. The fraction of sp³-hybridized carbons (Fsp3) is 0.143. The third-order valence-electron chi connectivity index (χ3n) is 4.76. The molecule has 0 N–H and O–H groups in total. The van der Waals surface area contributed by atoms with Crippen molar-refractivity contribution in [3.8, 4) is 17.1 Å². The highest BCUT2D eigenvalue weighted by Gasteiger charge is 2.15. The highest BCUT2D eigenvalue weighted by atomic mass is 15.3. The van der Waals surface area contributed by atoms with E-state index in [4.69, 9.17) is 4.98 Å². The number of hydrogen-bond donors (Lipinski definition) is 0. The summed E-state index contributed by atoms with van der Waals surface area (Å²) in [5.74, 6) is 0.687. The van der Waals surface area contributed by atoms with Crippen molar-refractivity contribution in [3.63, 3.8) is 0 Å². The van der Waals surface area contributed by atoms with Crippen LogP contribution in [-0.4, -0.2) is 29.4 Å². The Kier molecular flexibility index (Phi) is 3.33.